The molecule has 2 aliphatic rings. The van der Waals surface area contributed by atoms with Crippen molar-refractivity contribution >= 4 is 52.2 Å². The smallest absolute Gasteiger partial charge is 0.461 e. The van der Waals surface area contributed by atoms with E-state index in [1.807, 2.05) is 0 Å². The fraction of sp³-hybridized carbons (Fsp3) is 0.400. The SMILES string of the molecule is CC(=O)OCC1=C(OC(=O)O)N2C(=O)[C@@H](NC(=O)Cc3cc(N)sn3)[C@@H]2SC1. The number of carbonyl (C=O) groups is 4. The third-order valence-electron chi connectivity index (χ3n) is 3.86. The fourth-order valence-corrected chi connectivity index (χ4v) is 4.53. The van der Waals surface area contributed by atoms with Crippen LogP contribution in [-0.2, 0) is 30.3 Å². The molecule has 0 aliphatic carbocycles. The van der Waals surface area contributed by atoms with E-state index in [2.05, 4.69) is 9.69 Å². The molecule has 0 radical (unpaired) electrons. The molecule has 1 saturated heterocycles. The molecule has 0 spiro atoms. The number of amides is 2. The van der Waals surface area contributed by atoms with Crippen molar-refractivity contribution in [1.82, 2.24) is 14.6 Å². The summed E-state index contributed by atoms with van der Waals surface area (Å²) < 4.78 is 13.7. The average Bonchev–Trinajstić information content (AvgIpc) is 3.02. The number of ether oxygens (including phenoxy) is 2. The highest BCUT2D eigenvalue weighted by Gasteiger charge is 2.54. The highest BCUT2D eigenvalue weighted by Crippen LogP contribution is 2.40. The van der Waals surface area contributed by atoms with Crippen LogP contribution in [0.25, 0.3) is 0 Å². The zero-order valence-electron chi connectivity index (χ0n) is 14.5. The van der Waals surface area contributed by atoms with Gasteiger partial charge in [0.1, 0.15) is 23.0 Å². The lowest BCUT2D eigenvalue weighted by molar-refractivity contribution is -0.149. The van der Waals surface area contributed by atoms with Gasteiger partial charge in [-0.3, -0.25) is 19.3 Å². The lowest BCUT2D eigenvalue weighted by Gasteiger charge is -2.49. The fourth-order valence-electron chi connectivity index (χ4n) is 2.70. The molecule has 1 fully saturated rings. The molecule has 0 saturated carbocycles. The Bertz CT molecular complexity index is 868. The van der Waals surface area contributed by atoms with Crippen molar-refractivity contribution in [3.8, 4) is 0 Å². The lowest BCUT2D eigenvalue weighted by Crippen LogP contribution is -2.70. The Balaban J connectivity index is 1.69. The van der Waals surface area contributed by atoms with Crippen molar-refractivity contribution in [2.24, 2.45) is 0 Å². The number of anilines is 1. The minimum absolute atomic E-state index is 0.0269. The number of nitrogens with one attached hydrogen (secondary N) is 1. The zero-order valence-corrected chi connectivity index (χ0v) is 16.2. The van der Waals surface area contributed by atoms with Crippen LogP contribution in [0.3, 0.4) is 0 Å². The predicted molar refractivity (Wildman–Crippen MR) is 98.0 cm³/mol. The molecule has 2 amide bonds. The molecule has 28 heavy (non-hydrogen) atoms. The average molecular weight is 428 g/mol. The van der Waals surface area contributed by atoms with Crippen LogP contribution in [0.2, 0.25) is 0 Å². The van der Waals surface area contributed by atoms with Crippen LogP contribution < -0.4 is 11.1 Å². The molecule has 0 aromatic carbocycles. The number of hydrogen-bond acceptors (Lipinski definition) is 10. The second-order valence-electron chi connectivity index (χ2n) is 5.91. The van der Waals surface area contributed by atoms with Crippen molar-refractivity contribution in [1.29, 1.82) is 0 Å². The van der Waals surface area contributed by atoms with Gasteiger partial charge in [-0.25, -0.2) is 4.79 Å². The van der Waals surface area contributed by atoms with Gasteiger partial charge < -0.3 is 25.6 Å². The zero-order chi connectivity index (χ0) is 20.4. The summed E-state index contributed by atoms with van der Waals surface area (Å²) >= 11 is 2.37. The second kappa shape index (κ2) is 8.06. The van der Waals surface area contributed by atoms with Gasteiger partial charge in [0, 0.05) is 18.2 Å². The van der Waals surface area contributed by atoms with Gasteiger partial charge in [0.15, 0.2) is 0 Å². The number of fused-ring (bicyclic) bond motifs is 1. The Morgan fingerprint density at radius 2 is 2.21 bits per heavy atom. The third-order valence-corrected chi connectivity index (χ3v) is 5.86. The van der Waals surface area contributed by atoms with Crippen LogP contribution in [0.1, 0.15) is 12.6 Å². The van der Waals surface area contributed by atoms with Gasteiger partial charge in [-0.1, -0.05) is 0 Å². The van der Waals surface area contributed by atoms with Crippen LogP contribution >= 0.6 is 23.3 Å². The van der Waals surface area contributed by atoms with Gasteiger partial charge in [0.25, 0.3) is 5.91 Å². The second-order valence-corrected chi connectivity index (χ2v) is 7.85. The van der Waals surface area contributed by atoms with Gasteiger partial charge in [-0.05, 0) is 17.6 Å². The number of nitrogen functional groups attached to an aromatic ring is 1. The summed E-state index contributed by atoms with van der Waals surface area (Å²) in [6, 6.07) is 0.758. The topological polar surface area (TPSA) is 161 Å². The Labute approximate surface area is 167 Å². The molecule has 1 aromatic rings. The quantitative estimate of drug-likeness (QED) is 0.420. The number of aromatic nitrogens is 1. The summed E-state index contributed by atoms with van der Waals surface area (Å²) in [5.41, 5.74) is 6.43. The summed E-state index contributed by atoms with van der Waals surface area (Å²) in [5.74, 6) is -1.36. The van der Waals surface area contributed by atoms with E-state index in [1.54, 1.807) is 6.07 Å². The molecule has 3 heterocycles. The Morgan fingerprint density at radius 3 is 2.82 bits per heavy atom. The van der Waals surface area contributed by atoms with E-state index >= 15 is 0 Å². The molecule has 2 aliphatic heterocycles. The lowest BCUT2D eigenvalue weighted by atomic mass is 10.1. The first-order chi connectivity index (χ1) is 13.3. The van der Waals surface area contributed by atoms with Gasteiger partial charge >= 0.3 is 12.1 Å². The molecule has 3 rings (SSSR count). The van der Waals surface area contributed by atoms with Crippen molar-refractivity contribution in [3.05, 3.63) is 23.2 Å². The molecule has 2 atom stereocenters. The number of nitrogens with two attached hydrogens (primary N) is 1. The number of thioether (sulfide) groups is 1. The maximum absolute atomic E-state index is 12.5. The number of β-lactam (4-membered cyclic amide) rings is 1. The molecule has 4 N–H and O–H groups in total. The minimum Gasteiger partial charge on any atom is -0.461 e. The summed E-state index contributed by atoms with van der Waals surface area (Å²) in [7, 11) is 0. The summed E-state index contributed by atoms with van der Waals surface area (Å²) in [5, 5.41) is 11.5. The standard InChI is InChI=1S/C15H16N4O7S2/c1-6(20)25-4-7-5-27-14-11(12(22)19(14)13(7)26-15(23)24)17-10(21)3-8-2-9(16)28-18-8/h2,11,14H,3-5,16H2,1H3,(H,17,21)(H,23,24)/t11-,14+/m1/s1. The molecule has 1 aromatic heterocycles. The van der Waals surface area contributed by atoms with E-state index in [9.17, 15) is 19.2 Å². The predicted octanol–water partition coefficient (Wildman–Crippen LogP) is 0.137. The number of rotatable bonds is 6. The first-order valence-electron chi connectivity index (χ1n) is 7.97. The normalized spacial score (nSPS) is 20.9. The first-order valence-corrected chi connectivity index (χ1v) is 9.79. The van der Waals surface area contributed by atoms with Crippen LogP contribution in [0, 0.1) is 0 Å². The van der Waals surface area contributed by atoms with E-state index in [0.717, 1.165) is 16.4 Å². The van der Waals surface area contributed by atoms with Crippen LogP contribution in [0.15, 0.2) is 17.5 Å². The van der Waals surface area contributed by atoms with Gasteiger partial charge in [0.05, 0.1) is 12.1 Å². The van der Waals surface area contributed by atoms with E-state index in [-0.39, 0.29) is 24.7 Å². The monoisotopic (exact) mass is 428 g/mol. The minimum atomic E-state index is -1.60. The van der Waals surface area contributed by atoms with Crippen molar-refractivity contribution in [2.45, 2.75) is 24.8 Å². The van der Waals surface area contributed by atoms with Crippen molar-refractivity contribution < 1.29 is 33.8 Å². The molecule has 13 heteroatoms. The summed E-state index contributed by atoms with van der Waals surface area (Å²) in [4.78, 5) is 47.9. The third kappa shape index (κ3) is 4.20. The first kappa shape index (κ1) is 19.9. The summed E-state index contributed by atoms with van der Waals surface area (Å²) in [6.07, 6.45) is -1.62. The van der Waals surface area contributed by atoms with E-state index in [1.165, 1.54) is 18.7 Å². The number of carboxylic acid groups (broad SMARTS) is 1. The Kier molecular flexibility index (Phi) is 5.74. The maximum atomic E-state index is 12.5. The number of carbonyl (C=O) groups excluding carboxylic acids is 3. The summed E-state index contributed by atoms with van der Waals surface area (Å²) in [6.45, 7) is 1.02. The van der Waals surface area contributed by atoms with Crippen molar-refractivity contribution in [3.63, 3.8) is 0 Å². The van der Waals surface area contributed by atoms with Crippen LogP contribution in [0.5, 0.6) is 0 Å². The highest BCUT2D eigenvalue weighted by molar-refractivity contribution is 8.00. The molecule has 11 nitrogen and oxygen atoms in total. The van der Waals surface area contributed by atoms with Crippen molar-refractivity contribution in [2.75, 3.05) is 18.1 Å². The van der Waals surface area contributed by atoms with Crippen LogP contribution in [0.4, 0.5) is 9.80 Å². The van der Waals surface area contributed by atoms with Gasteiger partial charge in [0.2, 0.25) is 11.8 Å². The van der Waals surface area contributed by atoms with Crippen LogP contribution in [-0.4, -0.2) is 62.1 Å². The van der Waals surface area contributed by atoms with E-state index < -0.39 is 35.4 Å². The molecule has 0 bridgehead atoms. The van der Waals surface area contributed by atoms with E-state index in [4.69, 9.17) is 20.3 Å². The molecular formula is C15H16N4O7S2. The Morgan fingerprint density at radius 1 is 1.46 bits per heavy atom. The number of nitrogens with zero attached hydrogens (tertiary/aromatic N) is 2. The largest absolute Gasteiger partial charge is 0.512 e. The van der Waals surface area contributed by atoms with Gasteiger partial charge in [-0.2, -0.15) is 4.37 Å². The molecular weight excluding hydrogens is 412 g/mol. The number of hydrogen-bond donors (Lipinski definition) is 3. The molecule has 0 unspecified atom stereocenters. The number of esters is 1. The maximum Gasteiger partial charge on any atom is 0.512 e. The van der Waals surface area contributed by atoms with Gasteiger partial charge in [-0.15, -0.1) is 11.8 Å². The Hall–Kier alpha value is -2.80. The highest BCUT2D eigenvalue weighted by atomic mass is 32.2. The van der Waals surface area contributed by atoms with E-state index in [0.29, 0.717) is 16.3 Å². The molecule has 150 valence electrons.